The van der Waals surface area contributed by atoms with Crippen molar-refractivity contribution in [2.45, 2.75) is 19.3 Å². The first kappa shape index (κ1) is 77.4. The molecule has 0 aliphatic heterocycles. The Labute approximate surface area is 792 Å². The van der Waals surface area contributed by atoms with Crippen LogP contribution in [0.3, 0.4) is 0 Å². The van der Waals surface area contributed by atoms with E-state index in [0.29, 0.717) is 11.6 Å². The van der Waals surface area contributed by atoms with Gasteiger partial charge in [0.1, 0.15) is 0 Å². The molecule has 9 nitrogen and oxygen atoms in total. The standard InChI is InChI=1S/C68H41N5.C61H40N4/c1-2-19-47(20-3-1)71-57-29-13-9-24-52(57)64-55(27-16-32-60(64)71)66-51-23-8-12-28-56(51)69-68(70-66)46-34-33-44-40-48(37-35-43(44)39-46)72-58-30-14-11-26-54(58)65-62(72)41-45-18-5-7-22-50(45)67(65)73-59-31-15-10-25-53(59)63-49-21-6-4-17-42(49)36-38-61(63)73;1-61(2)48-28-11-7-23-43(48)55-47(27-16-29-49(55)61)58-44-24-8-12-30-50(44)62-60(63-58)39-19-15-20-40(35-39)64-51-31-13-10-26-46(51)57-54(64)36-38-18-4-6-22-42(38)59(57)65-52-32-14-9-25-45(52)56-41-21-5-3-17-37(41)33-34-53(56)65/h1-41H;3-36H,1-2H3. The van der Waals surface area contributed by atoms with E-state index in [1.165, 1.54) is 153 Å². The van der Waals surface area contributed by atoms with E-state index in [1.807, 2.05) is 0 Å². The molecule has 22 aromatic carbocycles. The highest BCUT2D eigenvalue weighted by molar-refractivity contribution is 6.29. The summed E-state index contributed by atoms with van der Waals surface area (Å²) in [6.07, 6.45) is 0. The topological polar surface area (TPSA) is 76.2 Å². The maximum absolute atomic E-state index is 5.53. The second-order valence-electron chi connectivity index (χ2n) is 37.4. The van der Waals surface area contributed by atoms with Gasteiger partial charge < -0.3 is 22.8 Å². The summed E-state index contributed by atoms with van der Waals surface area (Å²) in [5.41, 5.74) is 30.3. The number of benzene rings is 22. The first-order valence-electron chi connectivity index (χ1n) is 47.5. The van der Waals surface area contributed by atoms with E-state index >= 15 is 0 Å². The third kappa shape index (κ3) is 11.4. The first-order valence-corrected chi connectivity index (χ1v) is 47.5. The van der Waals surface area contributed by atoms with Crippen molar-refractivity contribution in [3.63, 3.8) is 0 Å². The summed E-state index contributed by atoms with van der Waals surface area (Å²) in [6.45, 7) is 4.67. The molecular formula is C129H81N9. The van der Waals surface area contributed by atoms with Crippen molar-refractivity contribution >= 4 is 185 Å². The Morgan fingerprint density at radius 2 is 0.551 bits per heavy atom. The molecule has 30 rings (SSSR count). The molecule has 0 atom stereocenters. The van der Waals surface area contributed by atoms with Gasteiger partial charge >= 0.3 is 0 Å². The number of aromatic nitrogens is 9. The fourth-order valence-corrected chi connectivity index (χ4v) is 23.7. The molecule has 0 saturated carbocycles. The average Bonchev–Trinajstić information content (AvgIpc) is 1.55. The van der Waals surface area contributed by atoms with Crippen LogP contribution < -0.4 is 0 Å². The monoisotopic (exact) mass is 1760 g/mol. The summed E-state index contributed by atoms with van der Waals surface area (Å²) in [5, 5.41) is 26.4. The molecular weight excluding hydrogens is 1680 g/mol. The van der Waals surface area contributed by atoms with Crippen molar-refractivity contribution in [3.05, 3.63) is 466 Å². The maximum atomic E-state index is 5.53. The Hall–Kier alpha value is -18.2. The number of nitrogens with zero attached hydrogens (tertiary/aromatic N) is 9. The maximum Gasteiger partial charge on any atom is 0.160 e. The molecule has 138 heavy (non-hydrogen) atoms. The Balaban J connectivity index is 0.000000134. The van der Waals surface area contributed by atoms with Crippen LogP contribution in [0.4, 0.5) is 0 Å². The molecule has 1 aliphatic carbocycles. The van der Waals surface area contributed by atoms with Crippen LogP contribution in [0, 0.1) is 0 Å². The lowest BCUT2D eigenvalue weighted by atomic mass is 9.82. The number of hydrogen-bond donors (Lipinski definition) is 0. The van der Waals surface area contributed by atoms with Gasteiger partial charge in [0, 0.05) is 120 Å². The van der Waals surface area contributed by atoms with Crippen LogP contribution in [-0.4, -0.2) is 42.8 Å². The Morgan fingerprint density at radius 3 is 1.12 bits per heavy atom. The van der Waals surface area contributed by atoms with Crippen LogP contribution >= 0.6 is 0 Å². The lowest BCUT2D eigenvalue weighted by Gasteiger charge is -2.21. The highest BCUT2D eigenvalue weighted by atomic mass is 15.0. The second kappa shape index (κ2) is 29.9. The van der Waals surface area contributed by atoms with Crippen LogP contribution in [0.25, 0.3) is 270 Å². The fraction of sp³-hybridized carbons (Fsp3) is 0.0233. The Bertz CT molecular complexity index is 10300. The molecule has 7 heterocycles. The van der Waals surface area contributed by atoms with Gasteiger partial charge in [0.2, 0.25) is 0 Å². The molecule has 1 aliphatic rings. The molecule has 642 valence electrons. The van der Waals surface area contributed by atoms with Gasteiger partial charge in [-0.2, -0.15) is 0 Å². The number of hydrogen-bond acceptors (Lipinski definition) is 4. The van der Waals surface area contributed by atoms with Crippen molar-refractivity contribution in [2.75, 3.05) is 0 Å². The molecule has 29 aromatic rings. The van der Waals surface area contributed by atoms with Gasteiger partial charge in [0.05, 0.1) is 89.0 Å². The van der Waals surface area contributed by atoms with Gasteiger partial charge in [-0.1, -0.05) is 354 Å². The van der Waals surface area contributed by atoms with Gasteiger partial charge in [0.25, 0.3) is 0 Å². The summed E-state index contributed by atoms with van der Waals surface area (Å²) >= 11 is 0. The summed E-state index contributed by atoms with van der Waals surface area (Å²) in [6, 6.07) is 166. The third-order valence-electron chi connectivity index (χ3n) is 29.6. The fourth-order valence-electron chi connectivity index (χ4n) is 23.7. The largest absolute Gasteiger partial charge is 0.309 e. The highest BCUT2D eigenvalue weighted by Gasteiger charge is 2.38. The number of fused-ring (bicyclic) bond motifs is 27. The van der Waals surface area contributed by atoms with Crippen LogP contribution in [0.2, 0.25) is 0 Å². The van der Waals surface area contributed by atoms with E-state index in [9.17, 15) is 0 Å². The second-order valence-corrected chi connectivity index (χ2v) is 37.4. The van der Waals surface area contributed by atoms with Crippen molar-refractivity contribution in [3.8, 4) is 84.9 Å². The van der Waals surface area contributed by atoms with E-state index in [-0.39, 0.29) is 5.41 Å². The van der Waals surface area contributed by atoms with Gasteiger partial charge in [-0.3, -0.25) is 0 Å². The highest BCUT2D eigenvalue weighted by Crippen LogP contribution is 2.55. The molecule has 0 bridgehead atoms. The zero-order chi connectivity index (χ0) is 90.7. The minimum absolute atomic E-state index is 0.120. The molecule has 9 heteroatoms. The van der Waals surface area contributed by atoms with Gasteiger partial charge in [-0.25, -0.2) is 19.9 Å². The zero-order valence-electron chi connectivity index (χ0n) is 75.3. The van der Waals surface area contributed by atoms with E-state index in [0.717, 1.165) is 116 Å². The summed E-state index contributed by atoms with van der Waals surface area (Å²) in [5.74, 6) is 1.40. The quantitative estimate of drug-likeness (QED) is 0.144. The van der Waals surface area contributed by atoms with Crippen LogP contribution in [0.15, 0.2) is 455 Å². The first-order chi connectivity index (χ1) is 68.3. The van der Waals surface area contributed by atoms with Crippen molar-refractivity contribution < 1.29 is 0 Å². The minimum atomic E-state index is -0.120. The SMILES string of the molecule is CC1(C)c2ccccc2-c2c(-c3nc(-c4cccc(-n5c6ccccc6c6c(-n7c8ccccc8c8c9ccccc9ccc87)c7ccccc7cc65)c4)nc4ccccc34)cccc21.c1ccc(-n2c3ccccc3c3c(-c4nc(-c5ccc6cc(-n7c8ccccc8c8c(-n9c%10ccccc%10c%10c%11ccccc%11ccc%109)c9ccccc9cc87)ccc6c5)nc5ccccc45)cccc32)cc1. The Morgan fingerprint density at radius 1 is 0.188 bits per heavy atom. The van der Waals surface area contributed by atoms with Crippen LogP contribution in [0.1, 0.15) is 25.0 Å². The van der Waals surface area contributed by atoms with E-state index < -0.39 is 0 Å². The number of rotatable bonds is 9. The molecule has 0 saturated heterocycles. The van der Waals surface area contributed by atoms with Gasteiger partial charge in [-0.05, 0) is 181 Å². The predicted octanol–water partition coefficient (Wildman–Crippen LogP) is 33.5. The van der Waals surface area contributed by atoms with Crippen molar-refractivity contribution in [2.24, 2.45) is 0 Å². The van der Waals surface area contributed by atoms with Crippen molar-refractivity contribution in [1.82, 2.24) is 42.8 Å². The van der Waals surface area contributed by atoms with Crippen LogP contribution in [-0.2, 0) is 5.41 Å². The van der Waals surface area contributed by atoms with Crippen LogP contribution in [0.5, 0.6) is 0 Å². The third-order valence-corrected chi connectivity index (χ3v) is 29.6. The van der Waals surface area contributed by atoms with Crippen molar-refractivity contribution in [1.29, 1.82) is 0 Å². The molecule has 7 aromatic heterocycles. The number of para-hydroxylation sites is 8. The zero-order valence-corrected chi connectivity index (χ0v) is 75.3. The lowest BCUT2D eigenvalue weighted by molar-refractivity contribution is 0.660. The van der Waals surface area contributed by atoms with E-state index in [1.54, 1.807) is 0 Å². The van der Waals surface area contributed by atoms with E-state index in [2.05, 4.69) is 492 Å². The molecule has 0 amide bonds. The molecule has 0 N–H and O–H groups in total. The summed E-state index contributed by atoms with van der Waals surface area (Å²) < 4.78 is 12.3. The normalized spacial score (nSPS) is 12.6. The minimum Gasteiger partial charge on any atom is -0.309 e. The lowest BCUT2D eigenvalue weighted by Crippen LogP contribution is -2.14. The molecule has 0 radical (unpaired) electrons. The molecule has 0 fully saturated rings. The Kier molecular flexibility index (Phi) is 16.8. The predicted molar refractivity (Wildman–Crippen MR) is 578 cm³/mol. The summed E-state index contributed by atoms with van der Waals surface area (Å²) in [7, 11) is 0. The van der Waals surface area contributed by atoms with Gasteiger partial charge in [-0.15, -0.1) is 0 Å². The van der Waals surface area contributed by atoms with Gasteiger partial charge in [0.15, 0.2) is 11.6 Å². The smallest absolute Gasteiger partial charge is 0.160 e. The summed E-state index contributed by atoms with van der Waals surface area (Å²) in [4.78, 5) is 21.6. The molecule has 0 spiro atoms. The average molecular weight is 1760 g/mol. The van der Waals surface area contributed by atoms with E-state index in [4.69, 9.17) is 19.9 Å². The molecule has 0 unspecified atom stereocenters.